The van der Waals surface area contributed by atoms with Gasteiger partial charge in [-0.15, -0.1) is 0 Å². The number of nitrogens with one attached hydrogen (secondary N) is 1. The van der Waals surface area contributed by atoms with Gasteiger partial charge in [0.25, 0.3) is 0 Å². The fourth-order valence-electron chi connectivity index (χ4n) is 1.16. The molecule has 1 amide bonds. The predicted molar refractivity (Wildman–Crippen MR) is 60.9 cm³/mol. The molecule has 0 saturated heterocycles. The number of carboxylic acid groups (broad SMARTS) is 1. The average Bonchev–Trinajstić information content (AvgIpc) is 2.25. The maximum Gasteiger partial charge on any atom is 0.322 e. The lowest BCUT2D eigenvalue weighted by Gasteiger charge is -1.99. The summed E-state index contributed by atoms with van der Waals surface area (Å²) in [7, 11) is 0. The molecule has 0 bridgehead atoms. The van der Waals surface area contributed by atoms with Crippen LogP contribution < -0.4 is 5.32 Å². The first kappa shape index (κ1) is 12.0. The lowest BCUT2D eigenvalue weighted by molar-refractivity contribution is -0.137. The van der Waals surface area contributed by atoms with Crippen LogP contribution in [0, 0.1) is 6.92 Å². The molecule has 0 radical (unpaired) electrons. The number of amides is 1. The zero-order valence-corrected chi connectivity index (χ0v) is 8.93. The van der Waals surface area contributed by atoms with Crippen molar-refractivity contribution >= 4 is 18.0 Å². The Morgan fingerprint density at radius 1 is 1.38 bits per heavy atom. The Kier molecular flexibility index (Phi) is 4.27. The van der Waals surface area contributed by atoms with Crippen molar-refractivity contribution in [1.29, 1.82) is 0 Å². The smallest absolute Gasteiger partial charge is 0.322 e. The van der Waals surface area contributed by atoms with Gasteiger partial charge in [0.2, 0.25) is 5.91 Å². The van der Waals surface area contributed by atoms with E-state index < -0.39 is 11.9 Å². The molecular weight excluding hydrogens is 206 g/mol. The zero-order chi connectivity index (χ0) is 12.0. The van der Waals surface area contributed by atoms with E-state index in [0.29, 0.717) is 0 Å². The molecule has 16 heavy (non-hydrogen) atoms. The number of aliphatic carboxylic acids is 1. The number of carbonyl (C=O) groups is 2. The van der Waals surface area contributed by atoms with E-state index in [2.05, 4.69) is 5.32 Å². The van der Waals surface area contributed by atoms with Crippen LogP contribution in [-0.2, 0) is 9.59 Å². The van der Waals surface area contributed by atoms with Crippen LogP contribution in [-0.4, -0.2) is 23.5 Å². The van der Waals surface area contributed by atoms with E-state index in [4.69, 9.17) is 5.11 Å². The van der Waals surface area contributed by atoms with E-state index in [1.807, 2.05) is 31.2 Å². The highest BCUT2D eigenvalue weighted by Gasteiger charge is 1.99. The molecule has 4 heteroatoms. The number of aryl methyl sites for hydroxylation is 1. The Morgan fingerprint density at radius 3 is 2.69 bits per heavy atom. The third-order valence-corrected chi connectivity index (χ3v) is 2.02. The molecule has 84 valence electrons. The van der Waals surface area contributed by atoms with Gasteiger partial charge in [0.15, 0.2) is 0 Å². The van der Waals surface area contributed by atoms with E-state index in [-0.39, 0.29) is 6.54 Å². The first-order chi connectivity index (χ1) is 7.59. The molecule has 0 aromatic heterocycles. The first-order valence-electron chi connectivity index (χ1n) is 4.83. The molecule has 1 aromatic rings. The molecule has 0 aliphatic heterocycles. The highest BCUT2D eigenvalue weighted by atomic mass is 16.4. The molecular formula is C12H13NO3. The van der Waals surface area contributed by atoms with Crippen LogP contribution >= 0.6 is 0 Å². The van der Waals surface area contributed by atoms with Gasteiger partial charge in [-0.1, -0.05) is 24.3 Å². The maximum atomic E-state index is 11.2. The highest BCUT2D eigenvalue weighted by molar-refractivity contribution is 5.93. The summed E-state index contributed by atoms with van der Waals surface area (Å²) in [5.41, 5.74) is 2.00. The summed E-state index contributed by atoms with van der Waals surface area (Å²) in [4.78, 5) is 21.4. The summed E-state index contributed by atoms with van der Waals surface area (Å²) >= 11 is 0. The van der Waals surface area contributed by atoms with E-state index in [0.717, 1.165) is 11.1 Å². The van der Waals surface area contributed by atoms with Gasteiger partial charge in [0, 0.05) is 6.08 Å². The summed E-state index contributed by atoms with van der Waals surface area (Å²) in [5, 5.41) is 10.6. The van der Waals surface area contributed by atoms with Crippen molar-refractivity contribution in [2.24, 2.45) is 0 Å². The second-order valence-electron chi connectivity index (χ2n) is 3.30. The van der Waals surface area contributed by atoms with Crippen LogP contribution in [0.4, 0.5) is 0 Å². The van der Waals surface area contributed by atoms with Crippen LogP contribution in [0.1, 0.15) is 11.1 Å². The lowest BCUT2D eigenvalue weighted by atomic mass is 10.1. The van der Waals surface area contributed by atoms with Crippen LogP contribution in [0.2, 0.25) is 0 Å². The average molecular weight is 219 g/mol. The summed E-state index contributed by atoms with van der Waals surface area (Å²) < 4.78 is 0. The van der Waals surface area contributed by atoms with Crippen molar-refractivity contribution in [1.82, 2.24) is 5.32 Å². The fourth-order valence-corrected chi connectivity index (χ4v) is 1.16. The van der Waals surface area contributed by atoms with Crippen molar-refractivity contribution in [2.75, 3.05) is 6.54 Å². The number of carboxylic acids is 1. The number of hydrogen-bond acceptors (Lipinski definition) is 2. The predicted octanol–water partition coefficient (Wildman–Crippen LogP) is 1.21. The summed E-state index contributed by atoms with van der Waals surface area (Å²) in [6.07, 6.45) is 2.98. The fraction of sp³-hybridized carbons (Fsp3) is 0.167. The standard InChI is InChI=1S/C12H13NO3/c1-9-4-2-3-5-10(9)6-7-11(14)13-8-12(15)16/h2-7H,8H2,1H3,(H,13,14)(H,15,16)/b7-6+. The summed E-state index contributed by atoms with van der Waals surface area (Å²) in [6.45, 7) is 1.58. The van der Waals surface area contributed by atoms with Gasteiger partial charge in [-0.3, -0.25) is 9.59 Å². The van der Waals surface area contributed by atoms with E-state index >= 15 is 0 Å². The normalized spacial score (nSPS) is 10.3. The van der Waals surface area contributed by atoms with E-state index in [1.165, 1.54) is 6.08 Å². The number of hydrogen-bond donors (Lipinski definition) is 2. The second-order valence-corrected chi connectivity index (χ2v) is 3.30. The minimum atomic E-state index is -1.06. The third kappa shape index (κ3) is 3.96. The Hall–Kier alpha value is -2.10. The monoisotopic (exact) mass is 219 g/mol. The quantitative estimate of drug-likeness (QED) is 0.748. The van der Waals surface area contributed by atoms with E-state index in [1.54, 1.807) is 6.08 Å². The van der Waals surface area contributed by atoms with Crippen molar-refractivity contribution in [3.8, 4) is 0 Å². The number of rotatable bonds is 4. The van der Waals surface area contributed by atoms with Crippen LogP contribution in [0.5, 0.6) is 0 Å². The van der Waals surface area contributed by atoms with Crippen molar-refractivity contribution in [2.45, 2.75) is 6.92 Å². The highest BCUT2D eigenvalue weighted by Crippen LogP contribution is 2.08. The van der Waals surface area contributed by atoms with Crippen LogP contribution in [0.15, 0.2) is 30.3 Å². The van der Waals surface area contributed by atoms with Crippen LogP contribution in [0.3, 0.4) is 0 Å². The molecule has 0 atom stereocenters. The molecule has 2 N–H and O–H groups in total. The summed E-state index contributed by atoms with van der Waals surface area (Å²) in [6, 6.07) is 7.62. The molecule has 0 fully saturated rings. The van der Waals surface area contributed by atoms with Crippen molar-refractivity contribution < 1.29 is 14.7 Å². The van der Waals surface area contributed by atoms with E-state index in [9.17, 15) is 9.59 Å². The minimum absolute atomic E-state index is 0.364. The molecule has 0 aliphatic rings. The third-order valence-electron chi connectivity index (χ3n) is 2.02. The summed E-state index contributed by atoms with van der Waals surface area (Å²) in [5.74, 6) is -1.47. The number of benzene rings is 1. The molecule has 0 spiro atoms. The van der Waals surface area contributed by atoms with Gasteiger partial charge in [-0.05, 0) is 24.1 Å². The van der Waals surface area contributed by atoms with Gasteiger partial charge < -0.3 is 10.4 Å². The number of carbonyl (C=O) groups excluding carboxylic acids is 1. The molecule has 0 saturated carbocycles. The molecule has 0 unspecified atom stereocenters. The van der Waals surface area contributed by atoms with Crippen molar-refractivity contribution in [3.05, 3.63) is 41.5 Å². The first-order valence-corrected chi connectivity index (χ1v) is 4.83. The minimum Gasteiger partial charge on any atom is -0.480 e. The molecule has 0 heterocycles. The Balaban J connectivity index is 2.57. The Morgan fingerprint density at radius 2 is 2.06 bits per heavy atom. The largest absolute Gasteiger partial charge is 0.480 e. The second kappa shape index (κ2) is 5.70. The Bertz CT molecular complexity index is 424. The van der Waals surface area contributed by atoms with Gasteiger partial charge >= 0.3 is 5.97 Å². The molecule has 1 aromatic carbocycles. The Labute approximate surface area is 93.6 Å². The zero-order valence-electron chi connectivity index (χ0n) is 8.93. The van der Waals surface area contributed by atoms with Gasteiger partial charge in [0.05, 0.1) is 0 Å². The molecule has 4 nitrogen and oxygen atoms in total. The molecule has 1 rings (SSSR count). The maximum absolute atomic E-state index is 11.2. The van der Waals surface area contributed by atoms with Gasteiger partial charge in [-0.25, -0.2) is 0 Å². The van der Waals surface area contributed by atoms with Gasteiger partial charge in [0.1, 0.15) is 6.54 Å². The lowest BCUT2D eigenvalue weighted by Crippen LogP contribution is -2.27. The molecule has 0 aliphatic carbocycles. The topological polar surface area (TPSA) is 66.4 Å². The van der Waals surface area contributed by atoms with Gasteiger partial charge in [-0.2, -0.15) is 0 Å². The van der Waals surface area contributed by atoms with Crippen LogP contribution in [0.25, 0.3) is 6.08 Å². The van der Waals surface area contributed by atoms with Crippen molar-refractivity contribution in [3.63, 3.8) is 0 Å². The SMILES string of the molecule is Cc1ccccc1/C=C/C(=O)NCC(=O)O.